The highest BCUT2D eigenvalue weighted by atomic mass is 16.7. The number of nitro benzene ring substituents is 1. The van der Waals surface area contributed by atoms with Gasteiger partial charge in [0.25, 0.3) is 11.6 Å². The van der Waals surface area contributed by atoms with Crippen molar-refractivity contribution in [2.45, 2.75) is 19.8 Å². The van der Waals surface area contributed by atoms with Gasteiger partial charge in [-0.1, -0.05) is 6.92 Å². The minimum absolute atomic E-state index is 0.0192. The summed E-state index contributed by atoms with van der Waals surface area (Å²) < 4.78 is 10.6. The minimum Gasteiger partial charge on any atom is -0.461 e. The van der Waals surface area contributed by atoms with Crippen LogP contribution in [0.4, 0.5) is 5.69 Å². The maximum atomic E-state index is 12.2. The predicted molar refractivity (Wildman–Crippen MR) is 71.8 cm³/mol. The highest BCUT2D eigenvalue weighted by molar-refractivity contribution is 6.21. The van der Waals surface area contributed by atoms with Crippen molar-refractivity contribution in [2.24, 2.45) is 0 Å². The van der Waals surface area contributed by atoms with E-state index in [1.807, 2.05) is 6.92 Å². The fourth-order valence-electron chi connectivity index (χ4n) is 1.95. The average Bonchev–Trinajstić information content (AvgIpc) is 2.94. The number of allylic oxidation sites excluding steroid dienone is 1. The molecular formula is C14H15NO5. The van der Waals surface area contributed by atoms with E-state index in [0.717, 1.165) is 0 Å². The van der Waals surface area contributed by atoms with Crippen LogP contribution in [-0.2, 0) is 14.3 Å². The fraction of sp³-hybridized carbons (Fsp3) is 0.357. The number of non-ortho nitro benzene ring substituents is 1. The molecule has 20 heavy (non-hydrogen) atoms. The molecule has 1 aromatic rings. The quantitative estimate of drug-likeness (QED) is 0.469. The molecule has 1 aliphatic heterocycles. The molecule has 6 nitrogen and oxygen atoms in total. The molecule has 1 aromatic carbocycles. The molecule has 0 unspecified atom stereocenters. The highest BCUT2D eigenvalue weighted by Crippen LogP contribution is 2.27. The molecule has 1 saturated heterocycles. The minimum atomic E-state index is -0.479. The molecule has 0 aromatic heterocycles. The second kappa shape index (κ2) is 6.18. The SMILES string of the molecule is CCCC(=O)C(=C1OCCO1)c1ccc([N+](=O)[O-])cc1. The number of nitro groups is 1. The Balaban J connectivity index is 2.38. The summed E-state index contributed by atoms with van der Waals surface area (Å²) in [5.41, 5.74) is 0.916. The van der Waals surface area contributed by atoms with Crippen molar-refractivity contribution in [1.82, 2.24) is 0 Å². The molecule has 0 N–H and O–H groups in total. The lowest BCUT2D eigenvalue weighted by molar-refractivity contribution is -0.384. The zero-order chi connectivity index (χ0) is 14.5. The topological polar surface area (TPSA) is 78.7 Å². The van der Waals surface area contributed by atoms with E-state index < -0.39 is 4.92 Å². The van der Waals surface area contributed by atoms with Crippen molar-refractivity contribution in [2.75, 3.05) is 13.2 Å². The molecule has 0 radical (unpaired) electrons. The maximum Gasteiger partial charge on any atom is 0.291 e. The number of ketones is 1. The van der Waals surface area contributed by atoms with Gasteiger partial charge >= 0.3 is 0 Å². The Hall–Kier alpha value is -2.37. The number of ether oxygens (including phenoxy) is 2. The molecule has 0 spiro atoms. The van der Waals surface area contributed by atoms with Gasteiger partial charge in [0.15, 0.2) is 5.78 Å². The number of benzene rings is 1. The van der Waals surface area contributed by atoms with Gasteiger partial charge in [0.05, 0.1) is 4.92 Å². The summed E-state index contributed by atoms with van der Waals surface area (Å²) in [6.45, 7) is 2.73. The Bertz CT molecular complexity index is 539. The first-order chi connectivity index (χ1) is 9.63. The molecule has 1 aliphatic rings. The smallest absolute Gasteiger partial charge is 0.291 e. The van der Waals surface area contributed by atoms with Crippen molar-refractivity contribution in [3.05, 3.63) is 45.9 Å². The van der Waals surface area contributed by atoms with Gasteiger partial charge in [-0.3, -0.25) is 14.9 Å². The number of carbonyl (C=O) groups is 1. The van der Waals surface area contributed by atoms with Gasteiger partial charge in [0, 0.05) is 18.6 Å². The maximum absolute atomic E-state index is 12.2. The summed E-state index contributed by atoms with van der Waals surface area (Å²) in [7, 11) is 0. The molecule has 0 saturated carbocycles. The molecule has 1 heterocycles. The van der Waals surface area contributed by atoms with Crippen LogP contribution in [0.5, 0.6) is 0 Å². The second-order valence-corrected chi connectivity index (χ2v) is 4.34. The van der Waals surface area contributed by atoms with Crippen LogP contribution in [0.15, 0.2) is 30.2 Å². The first-order valence-corrected chi connectivity index (χ1v) is 6.41. The molecular weight excluding hydrogens is 262 g/mol. The van der Waals surface area contributed by atoms with Crippen LogP contribution in [-0.4, -0.2) is 23.9 Å². The van der Waals surface area contributed by atoms with Crippen LogP contribution in [0.2, 0.25) is 0 Å². The lowest BCUT2D eigenvalue weighted by Gasteiger charge is -2.09. The van der Waals surface area contributed by atoms with Crippen molar-refractivity contribution in [3.8, 4) is 0 Å². The standard InChI is InChI=1S/C14H15NO5/c1-2-3-12(16)13(14-19-8-9-20-14)10-4-6-11(7-5-10)15(17)18/h4-7H,2-3,8-9H2,1H3. The van der Waals surface area contributed by atoms with Crippen molar-refractivity contribution in [1.29, 1.82) is 0 Å². The molecule has 6 heteroatoms. The summed E-state index contributed by atoms with van der Waals surface area (Å²) in [6, 6.07) is 5.81. The average molecular weight is 277 g/mol. The van der Waals surface area contributed by atoms with Crippen LogP contribution >= 0.6 is 0 Å². The van der Waals surface area contributed by atoms with Gasteiger partial charge in [-0.15, -0.1) is 0 Å². The number of nitrogens with zero attached hydrogens (tertiary/aromatic N) is 1. The Morgan fingerprint density at radius 1 is 1.25 bits per heavy atom. The van der Waals surface area contributed by atoms with Gasteiger partial charge in [-0.05, 0) is 24.1 Å². The Kier molecular flexibility index (Phi) is 4.34. The molecule has 0 aliphatic carbocycles. The predicted octanol–water partition coefficient (Wildman–Crippen LogP) is 2.68. The third-order valence-corrected chi connectivity index (χ3v) is 2.88. The van der Waals surface area contributed by atoms with E-state index in [9.17, 15) is 14.9 Å². The van der Waals surface area contributed by atoms with Crippen LogP contribution < -0.4 is 0 Å². The molecule has 0 amide bonds. The van der Waals surface area contributed by atoms with E-state index in [-0.39, 0.29) is 17.4 Å². The third kappa shape index (κ3) is 2.96. The van der Waals surface area contributed by atoms with Crippen LogP contribution in [0.3, 0.4) is 0 Å². The van der Waals surface area contributed by atoms with Gasteiger partial charge in [0.1, 0.15) is 18.8 Å². The zero-order valence-electron chi connectivity index (χ0n) is 11.1. The Morgan fingerprint density at radius 2 is 1.85 bits per heavy atom. The van der Waals surface area contributed by atoms with E-state index in [4.69, 9.17) is 9.47 Å². The number of rotatable bonds is 5. The van der Waals surface area contributed by atoms with Crippen LogP contribution in [0, 0.1) is 10.1 Å². The lowest BCUT2D eigenvalue weighted by Crippen LogP contribution is -2.06. The first-order valence-electron chi connectivity index (χ1n) is 6.41. The van der Waals surface area contributed by atoms with E-state index in [1.54, 1.807) is 12.1 Å². The highest BCUT2D eigenvalue weighted by Gasteiger charge is 2.23. The van der Waals surface area contributed by atoms with Gasteiger partial charge < -0.3 is 9.47 Å². The zero-order valence-corrected chi connectivity index (χ0v) is 11.1. The molecule has 2 rings (SSSR count). The van der Waals surface area contributed by atoms with E-state index in [0.29, 0.717) is 37.2 Å². The Morgan fingerprint density at radius 3 is 2.35 bits per heavy atom. The van der Waals surface area contributed by atoms with Crippen molar-refractivity contribution < 1.29 is 19.2 Å². The van der Waals surface area contributed by atoms with Crippen molar-refractivity contribution in [3.63, 3.8) is 0 Å². The number of Topliss-reactive ketones (excluding diaryl/α,β-unsaturated/α-hetero) is 1. The number of hydrogen-bond donors (Lipinski definition) is 0. The summed E-state index contributed by atoms with van der Waals surface area (Å²) in [5.74, 6) is 0.135. The summed E-state index contributed by atoms with van der Waals surface area (Å²) in [4.78, 5) is 22.4. The Labute approximate surface area is 116 Å². The molecule has 0 bridgehead atoms. The molecule has 1 fully saturated rings. The largest absolute Gasteiger partial charge is 0.461 e. The summed E-state index contributed by atoms with van der Waals surface area (Å²) >= 11 is 0. The van der Waals surface area contributed by atoms with E-state index in [1.165, 1.54) is 12.1 Å². The van der Waals surface area contributed by atoms with Gasteiger partial charge in [-0.2, -0.15) is 0 Å². The number of hydrogen-bond acceptors (Lipinski definition) is 5. The van der Waals surface area contributed by atoms with E-state index in [2.05, 4.69) is 0 Å². The van der Waals surface area contributed by atoms with Crippen LogP contribution in [0.1, 0.15) is 25.3 Å². The number of carbonyl (C=O) groups excluding carboxylic acids is 1. The van der Waals surface area contributed by atoms with Crippen molar-refractivity contribution >= 4 is 17.0 Å². The fourth-order valence-corrected chi connectivity index (χ4v) is 1.95. The second-order valence-electron chi connectivity index (χ2n) is 4.34. The molecule has 0 atom stereocenters. The van der Waals surface area contributed by atoms with E-state index >= 15 is 0 Å². The lowest BCUT2D eigenvalue weighted by atomic mass is 9.99. The summed E-state index contributed by atoms with van der Waals surface area (Å²) in [6.07, 6.45) is 1.09. The molecule has 106 valence electrons. The van der Waals surface area contributed by atoms with Crippen LogP contribution in [0.25, 0.3) is 5.57 Å². The van der Waals surface area contributed by atoms with Gasteiger partial charge in [-0.25, -0.2) is 0 Å². The summed E-state index contributed by atoms with van der Waals surface area (Å²) in [5, 5.41) is 10.7. The monoisotopic (exact) mass is 277 g/mol. The normalized spacial score (nSPS) is 13.6. The van der Waals surface area contributed by atoms with Gasteiger partial charge in [0.2, 0.25) is 0 Å². The third-order valence-electron chi connectivity index (χ3n) is 2.88. The first kappa shape index (κ1) is 14.0.